The Kier molecular flexibility index (Phi) is 5.18. The van der Waals surface area contributed by atoms with E-state index in [0.29, 0.717) is 0 Å². The Morgan fingerprint density at radius 1 is 1.56 bits per heavy atom. The molecule has 7 nitrogen and oxygen atoms in total. The van der Waals surface area contributed by atoms with Gasteiger partial charge < -0.3 is 15.2 Å². The number of hydrogen-bond donors (Lipinski definition) is 3. The van der Waals surface area contributed by atoms with Crippen LogP contribution in [-0.4, -0.2) is 46.8 Å². The summed E-state index contributed by atoms with van der Waals surface area (Å²) in [5.74, 6) is -1.66. The quantitative estimate of drug-likeness (QED) is 0.629. The lowest BCUT2D eigenvalue weighted by Gasteiger charge is -2.03. The minimum absolute atomic E-state index is 0.0475. The lowest BCUT2D eigenvalue weighted by atomic mass is 10.4. The third kappa shape index (κ3) is 4.87. The number of aromatic carboxylic acids is 1. The van der Waals surface area contributed by atoms with Crippen molar-refractivity contribution < 1.29 is 28.2 Å². The summed E-state index contributed by atoms with van der Waals surface area (Å²) in [6, 6.07) is 1.14. The first-order valence-electron chi connectivity index (χ1n) is 4.93. The number of hydrogen-bond acceptors (Lipinski definition) is 4. The first-order valence-corrected chi connectivity index (χ1v) is 4.93. The fraction of sp³-hybridized carbons (Fsp3) is 0.444. The highest BCUT2D eigenvalue weighted by Gasteiger charge is 2.10. The molecule has 1 amide bonds. The van der Waals surface area contributed by atoms with E-state index in [9.17, 15) is 18.4 Å². The summed E-state index contributed by atoms with van der Waals surface area (Å²) >= 11 is 0. The largest absolute Gasteiger partial charge is 0.477 e. The van der Waals surface area contributed by atoms with Crippen LogP contribution in [0, 0.1) is 0 Å². The van der Waals surface area contributed by atoms with Crippen LogP contribution in [0.2, 0.25) is 0 Å². The molecule has 1 aromatic rings. The molecule has 100 valence electrons. The Morgan fingerprint density at radius 3 is 2.83 bits per heavy atom. The van der Waals surface area contributed by atoms with E-state index in [1.807, 2.05) is 0 Å². The molecule has 1 heterocycles. The van der Waals surface area contributed by atoms with E-state index in [0.717, 1.165) is 6.07 Å². The molecular weight excluding hydrogens is 252 g/mol. The van der Waals surface area contributed by atoms with Crippen LogP contribution in [0.15, 0.2) is 6.07 Å². The number of anilines is 1. The summed E-state index contributed by atoms with van der Waals surface area (Å²) in [5, 5.41) is 16.6. The van der Waals surface area contributed by atoms with Crippen LogP contribution in [0.4, 0.5) is 14.6 Å². The minimum atomic E-state index is -2.57. The highest BCUT2D eigenvalue weighted by atomic mass is 19.3. The Balaban J connectivity index is 2.29. The van der Waals surface area contributed by atoms with Crippen molar-refractivity contribution in [2.24, 2.45) is 0 Å². The molecule has 0 radical (unpaired) electrons. The van der Waals surface area contributed by atoms with Crippen LogP contribution < -0.4 is 5.32 Å². The lowest BCUT2D eigenvalue weighted by molar-refractivity contribution is -0.117. The van der Waals surface area contributed by atoms with E-state index >= 15 is 0 Å². The molecular formula is C9H11F2N3O4. The van der Waals surface area contributed by atoms with Gasteiger partial charge in [-0.1, -0.05) is 0 Å². The van der Waals surface area contributed by atoms with Gasteiger partial charge in [0, 0.05) is 6.07 Å². The maximum Gasteiger partial charge on any atom is 0.353 e. The maximum absolute atomic E-state index is 11.7. The predicted octanol–water partition coefficient (Wildman–Crippen LogP) is 0.718. The molecule has 0 aliphatic carbocycles. The van der Waals surface area contributed by atoms with Crippen molar-refractivity contribution in [3.63, 3.8) is 0 Å². The van der Waals surface area contributed by atoms with Gasteiger partial charge in [0.05, 0.1) is 13.0 Å². The zero-order valence-electron chi connectivity index (χ0n) is 9.15. The van der Waals surface area contributed by atoms with E-state index in [1.165, 1.54) is 0 Å². The molecule has 3 N–H and O–H groups in total. The Hall–Kier alpha value is -2.03. The van der Waals surface area contributed by atoms with Crippen molar-refractivity contribution in [1.29, 1.82) is 0 Å². The molecule has 1 rings (SSSR count). The zero-order valence-corrected chi connectivity index (χ0v) is 9.15. The normalized spacial score (nSPS) is 10.6. The van der Waals surface area contributed by atoms with Gasteiger partial charge in [0.25, 0.3) is 6.43 Å². The summed E-state index contributed by atoms with van der Waals surface area (Å²) in [6.07, 6.45) is -2.69. The fourth-order valence-corrected chi connectivity index (χ4v) is 1.04. The molecule has 0 spiro atoms. The van der Waals surface area contributed by atoms with E-state index in [1.54, 1.807) is 0 Å². The number of halogens is 2. The first-order chi connectivity index (χ1) is 8.49. The average Bonchev–Trinajstić information content (AvgIpc) is 2.72. The van der Waals surface area contributed by atoms with Crippen molar-refractivity contribution in [1.82, 2.24) is 10.2 Å². The van der Waals surface area contributed by atoms with Gasteiger partial charge in [-0.3, -0.25) is 9.89 Å². The number of rotatable bonds is 7. The third-order valence-corrected chi connectivity index (χ3v) is 1.79. The van der Waals surface area contributed by atoms with Crippen LogP contribution >= 0.6 is 0 Å². The zero-order chi connectivity index (χ0) is 13.5. The molecule has 0 unspecified atom stereocenters. The third-order valence-electron chi connectivity index (χ3n) is 1.79. The highest BCUT2D eigenvalue weighted by molar-refractivity contribution is 5.92. The number of carbonyl (C=O) groups is 2. The highest BCUT2D eigenvalue weighted by Crippen LogP contribution is 2.05. The number of amides is 1. The van der Waals surface area contributed by atoms with Crippen molar-refractivity contribution >= 4 is 17.7 Å². The Bertz CT molecular complexity index is 422. The molecule has 0 aliphatic heterocycles. The molecule has 0 fully saturated rings. The van der Waals surface area contributed by atoms with Crippen LogP contribution in [0.3, 0.4) is 0 Å². The number of carboxylic acid groups (broad SMARTS) is 1. The summed E-state index contributed by atoms with van der Waals surface area (Å²) in [6.45, 7) is -0.870. The van der Waals surface area contributed by atoms with E-state index < -0.39 is 24.9 Å². The van der Waals surface area contributed by atoms with Crippen molar-refractivity contribution in [2.75, 3.05) is 18.5 Å². The van der Waals surface area contributed by atoms with Crippen molar-refractivity contribution in [3.05, 3.63) is 11.8 Å². The van der Waals surface area contributed by atoms with Crippen LogP contribution in [0.1, 0.15) is 16.9 Å². The van der Waals surface area contributed by atoms with E-state index in [-0.39, 0.29) is 24.5 Å². The SMILES string of the molecule is O=C(CCOCC(F)F)Nc1cc(C(=O)O)[nH]n1. The first kappa shape index (κ1) is 14.0. The molecule has 0 aromatic carbocycles. The number of carboxylic acids is 1. The number of aromatic nitrogens is 2. The van der Waals surface area contributed by atoms with Gasteiger partial charge in [-0.05, 0) is 0 Å². The monoisotopic (exact) mass is 263 g/mol. The second-order valence-electron chi connectivity index (χ2n) is 3.24. The van der Waals surface area contributed by atoms with Crippen LogP contribution in [0.5, 0.6) is 0 Å². The van der Waals surface area contributed by atoms with Crippen LogP contribution in [0.25, 0.3) is 0 Å². The van der Waals surface area contributed by atoms with Gasteiger partial charge >= 0.3 is 5.97 Å². The van der Waals surface area contributed by atoms with Gasteiger partial charge in [0.2, 0.25) is 5.91 Å². The number of nitrogens with zero attached hydrogens (tertiary/aromatic N) is 1. The number of carbonyl (C=O) groups excluding carboxylic acids is 1. The predicted molar refractivity (Wildman–Crippen MR) is 55.6 cm³/mol. The Labute approximate surface area is 100 Å². The topological polar surface area (TPSA) is 104 Å². The van der Waals surface area contributed by atoms with Crippen molar-refractivity contribution in [2.45, 2.75) is 12.8 Å². The fourth-order valence-electron chi connectivity index (χ4n) is 1.04. The summed E-state index contributed by atoms with van der Waals surface area (Å²) in [5.41, 5.74) is -0.167. The van der Waals surface area contributed by atoms with E-state index in [2.05, 4.69) is 20.3 Å². The number of alkyl halides is 2. The number of aromatic amines is 1. The van der Waals surface area contributed by atoms with Crippen molar-refractivity contribution in [3.8, 4) is 0 Å². The molecule has 0 bridgehead atoms. The number of ether oxygens (including phenoxy) is 1. The summed E-state index contributed by atoms with van der Waals surface area (Å²) < 4.78 is 27.9. The van der Waals surface area contributed by atoms with Gasteiger partial charge in [-0.15, -0.1) is 0 Å². The number of nitrogens with one attached hydrogen (secondary N) is 2. The molecule has 0 saturated heterocycles. The van der Waals surface area contributed by atoms with E-state index in [4.69, 9.17) is 5.11 Å². The van der Waals surface area contributed by atoms with Gasteiger partial charge in [-0.2, -0.15) is 5.10 Å². The molecule has 0 aliphatic rings. The molecule has 0 atom stereocenters. The lowest BCUT2D eigenvalue weighted by Crippen LogP contribution is -2.15. The van der Waals surface area contributed by atoms with Gasteiger partial charge in [-0.25, -0.2) is 13.6 Å². The second-order valence-corrected chi connectivity index (χ2v) is 3.24. The summed E-state index contributed by atoms with van der Waals surface area (Å²) in [4.78, 5) is 21.8. The second kappa shape index (κ2) is 6.64. The maximum atomic E-state index is 11.7. The van der Waals surface area contributed by atoms with Gasteiger partial charge in [0.15, 0.2) is 5.82 Å². The molecule has 9 heteroatoms. The minimum Gasteiger partial charge on any atom is -0.477 e. The molecule has 0 saturated carbocycles. The standard InChI is InChI=1S/C9H11F2N3O4/c10-6(11)4-18-2-1-8(15)12-7-3-5(9(16)17)13-14-7/h3,6H,1-2,4H2,(H,16,17)(H2,12,13,14,15). The average molecular weight is 263 g/mol. The van der Waals surface area contributed by atoms with Gasteiger partial charge in [0.1, 0.15) is 12.3 Å². The smallest absolute Gasteiger partial charge is 0.353 e. The summed E-state index contributed by atoms with van der Waals surface area (Å²) in [7, 11) is 0. The molecule has 1 aromatic heterocycles. The Morgan fingerprint density at radius 2 is 2.28 bits per heavy atom. The molecule has 18 heavy (non-hydrogen) atoms. The number of H-pyrrole nitrogens is 1. The van der Waals surface area contributed by atoms with Crippen LogP contribution in [-0.2, 0) is 9.53 Å².